The zero-order chi connectivity index (χ0) is 23.2. The molecule has 172 valence electrons. The third-order valence-corrected chi connectivity index (χ3v) is 10.3. The number of fused-ring (bicyclic) bond motifs is 1. The van der Waals surface area contributed by atoms with Gasteiger partial charge in [-0.3, -0.25) is 9.69 Å². The van der Waals surface area contributed by atoms with Crippen molar-refractivity contribution in [2.45, 2.75) is 47.9 Å². The van der Waals surface area contributed by atoms with Crippen molar-refractivity contribution >= 4 is 66.2 Å². The largest absolute Gasteiger partial charge is 0.337 e. The molecule has 33 heavy (non-hydrogen) atoms. The molecule has 6 nitrogen and oxygen atoms in total. The van der Waals surface area contributed by atoms with Crippen LogP contribution < -0.4 is 4.90 Å². The molecule has 0 aromatic heterocycles. The maximum absolute atomic E-state index is 13.7. The number of anilines is 1. The van der Waals surface area contributed by atoms with Gasteiger partial charge in [-0.15, -0.1) is 4.40 Å². The highest BCUT2D eigenvalue weighted by molar-refractivity contribution is 9.10. The Morgan fingerprint density at radius 1 is 1.00 bits per heavy atom. The van der Waals surface area contributed by atoms with Gasteiger partial charge < -0.3 is 4.90 Å². The van der Waals surface area contributed by atoms with E-state index in [0.717, 1.165) is 52.2 Å². The molecule has 1 saturated carbocycles. The first-order valence-electron chi connectivity index (χ1n) is 10.7. The van der Waals surface area contributed by atoms with E-state index in [1.165, 1.54) is 35.7 Å². The predicted molar refractivity (Wildman–Crippen MR) is 138 cm³/mol. The summed E-state index contributed by atoms with van der Waals surface area (Å²) in [4.78, 5) is 19.1. The van der Waals surface area contributed by atoms with Gasteiger partial charge in [-0.05, 0) is 61.0 Å². The first kappa shape index (κ1) is 23.0. The van der Waals surface area contributed by atoms with Gasteiger partial charge in [0.2, 0.25) is 0 Å². The van der Waals surface area contributed by atoms with Crippen LogP contribution in [0.4, 0.5) is 5.69 Å². The number of amides is 1. The lowest BCUT2D eigenvalue weighted by atomic mass is 9.94. The van der Waals surface area contributed by atoms with Crippen molar-refractivity contribution < 1.29 is 13.2 Å². The van der Waals surface area contributed by atoms with Crippen LogP contribution in [-0.2, 0) is 14.8 Å². The number of hydrogen-bond acceptors (Lipinski definition) is 6. The van der Waals surface area contributed by atoms with Gasteiger partial charge in [-0.1, -0.05) is 59.1 Å². The van der Waals surface area contributed by atoms with Crippen molar-refractivity contribution in [3.8, 4) is 0 Å². The van der Waals surface area contributed by atoms with Crippen molar-refractivity contribution in [1.82, 2.24) is 4.90 Å². The first-order chi connectivity index (χ1) is 15.8. The lowest BCUT2D eigenvalue weighted by molar-refractivity contribution is -0.124. The summed E-state index contributed by atoms with van der Waals surface area (Å²) in [6.07, 6.45) is 4.90. The molecule has 1 aliphatic carbocycles. The molecule has 0 N–H and O–H groups in total. The topological polar surface area (TPSA) is 70.1 Å². The summed E-state index contributed by atoms with van der Waals surface area (Å²) in [5, 5.41) is 1.07. The minimum Gasteiger partial charge on any atom is -0.337 e. The molecule has 0 bridgehead atoms. The van der Waals surface area contributed by atoms with Crippen LogP contribution in [0, 0.1) is 0 Å². The average Bonchev–Trinajstić information content (AvgIpc) is 3.30. The van der Waals surface area contributed by atoms with Gasteiger partial charge in [-0.2, -0.15) is 8.42 Å². The molecular weight excluding hydrogens is 542 g/mol. The van der Waals surface area contributed by atoms with Crippen LogP contribution >= 0.6 is 39.5 Å². The molecule has 2 aromatic carbocycles. The molecule has 2 aromatic rings. The smallest absolute Gasteiger partial charge is 0.284 e. The SMILES string of the molecule is CN1/C(=C2\S/C(=N/S(=O)(=O)c3ccc(Br)cc3)N(C3CCCCC3)C2=O)Sc2ccccc21. The Kier molecular flexibility index (Phi) is 6.37. The summed E-state index contributed by atoms with van der Waals surface area (Å²) in [6, 6.07) is 14.4. The third-order valence-electron chi connectivity index (χ3n) is 5.99. The number of carbonyl (C=O) groups is 1. The Balaban J connectivity index is 1.57. The Morgan fingerprint density at radius 2 is 1.70 bits per heavy atom. The standard InChI is InChI=1S/C23H22BrN3O3S3/c1-26-18-9-5-6-10-19(18)31-22(26)20-21(28)27(16-7-3-2-4-8-16)23(32-20)25-33(29,30)17-13-11-15(24)12-14-17/h5-6,9-14,16H,2-4,7-8H2,1H3/b22-20+,25-23+. The highest BCUT2D eigenvalue weighted by Crippen LogP contribution is 2.50. The molecule has 2 fully saturated rings. The summed E-state index contributed by atoms with van der Waals surface area (Å²) in [6.45, 7) is 0. The molecule has 3 aliphatic rings. The molecule has 2 heterocycles. The van der Waals surface area contributed by atoms with Crippen molar-refractivity contribution in [1.29, 1.82) is 0 Å². The fourth-order valence-corrected chi connectivity index (χ4v) is 8.14. The van der Waals surface area contributed by atoms with E-state index in [1.54, 1.807) is 17.0 Å². The van der Waals surface area contributed by atoms with Gasteiger partial charge >= 0.3 is 0 Å². The van der Waals surface area contributed by atoms with Crippen molar-refractivity contribution in [2.75, 3.05) is 11.9 Å². The lowest BCUT2D eigenvalue weighted by Gasteiger charge is -2.30. The van der Waals surface area contributed by atoms with Gasteiger partial charge in [0, 0.05) is 22.5 Å². The number of hydrogen-bond donors (Lipinski definition) is 0. The summed E-state index contributed by atoms with van der Waals surface area (Å²) >= 11 is 6.04. The number of rotatable bonds is 3. The summed E-state index contributed by atoms with van der Waals surface area (Å²) in [5.41, 5.74) is 1.04. The molecule has 0 unspecified atom stereocenters. The van der Waals surface area contributed by atoms with E-state index in [9.17, 15) is 13.2 Å². The number of sulfonamides is 1. The number of thioether (sulfide) groups is 2. The number of carbonyl (C=O) groups excluding carboxylic acids is 1. The highest BCUT2D eigenvalue weighted by atomic mass is 79.9. The predicted octanol–water partition coefficient (Wildman–Crippen LogP) is 5.81. The van der Waals surface area contributed by atoms with Crippen molar-refractivity contribution in [3.05, 3.63) is 62.9 Å². The minimum atomic E-state index is -3.96. The van der Waals surface area contributed by atoms with E-state index in [4.69, 9.17) is 0 Å². The average molecular weight is 565 g/mol. The third kappa shape index (κ3) is 4.38. The molecule has 1 amide bonds. The number of nitrogens with zero attached hydrogens (tertiary/aromatic N) is 3. The van der Waals surface area contributed by atoms with Gasteiger partial charge in [0.25, 0.3) is 15.9 Å². The van der Waals surface area contributed by atoms with Crippen LogP contribution in [0.3, 0.4) is 0 Å². The normalized spacial score (nSPS) is 23.0. The van der Waals surface area contributed by atoms with Crippen LogP contribution in [0.15, 0.2) is 77.1 Å². The Bertz CT molecular complexity index is 1270. The number of benzene rings is 2. The summed E-state index contributed by atoms with van der Waals surface area (Å²) in [7, 11) is -2.02. The zero-order valence-corrected chi connectivity index (χ0v) is 21.9. The minimum absolute atomic E-state index is 0.0326. The van der Waals surface area contributed by atoms with Crippen LogP contribution in [0.1, 0.15) is 32.1 Å². The fourth-order valence-electron chi connectivity index (χ4n) is 4.30. The van der Waals surface area contributed by atoms with Crippen LogP contribution in [-0.4, -0.2) is 37.5 Å². The number of para-hydroxylation sites is 1. The van der Waals surface area contributed by atoms with Crippen LogP contribution in [0.2, 0.25) is 0 Å². The Hall–Kier alpha value is -1.75. The zero-order valence-electron chi connectivity index (χ0n) is 17.9. The van der Waals surface area contributed by atoms with Gasteiger partial charge in [0.05, 0.1) is 15.6 Å². The molecule has 1 saturated heterocycles. The van der Waals surface area contributed by atoms with E-state index in [1.807, 2.05) is 36.2 Å². The fraction of sp³-hybridized carbons (Fsp3) is 0.304. The van der Waals surface area contributed by atoms with Crippen molar-refractivity contribution in [3.63, 3.8) is 0 Å². The second kappa shape index (κ2) is 9.13. The number of amidine groups is 1. The van der Waals surface area contributed by atoms with Gasteiger partial charge in [-0.25, -0.2) is 0 Å². The Morgan fingerprint density at radius 3 is 2.39 bits per heavy atom. The van der Waals surface area contributed by atoms with E-state index >= 15 is 0 Å². The van der Waals surface area contributed by atoms with Crippen LogP contribution in [0.25, 0.3) is 0 Å². The monoisotopic (exact) mass is 563 g/mol. The summed E-state index contributed by atoms with van der Waals surface area (Å²) in [5.74, 6) is -0.154. The van der Waals surface area contributed by atoms with Crippen LogP contribution in [0.5, 0.6) is 0 Å². The molecule has 0 atom stereocenters. The van der Waals surface area contributed by atoms with E-state index in [-0.39, 0.29) is 22.0 Å². The van der Waals surface area contributed by atoms with Crippen molar-refractivity contribution in [2.24, 2.45) is 4.40 Å². The molecule has 5 rings (SSSR count). The molecule has 0 spiro atoms. The first-order valence-corrected chi connectivity index (χ1v) is 14.6. The maximum Gasteiger partial charge on any atom is 0.284 e. The lowest BCUT2D eigenvalue weighted by Crippen LogP contribution is -2.41. The Labute approximate surface area is 210 Å². The molecular formula is C23H22BrN3O3S3. The number of halogens is 1. The molecule has 10 heteroatoms. The second-order valence-electron chi connectivity index (χ2n) is 8.13. The van der Waals surface area contributed by atoms with E-state index in [0.29, 0.717) is 4.91 Å². The van der Waals surface area contributed by atoms with Gasteiger partial charge in [0.15, 0.2) is 5.17 Å². The van der Waals surface area contributed by atoms with E-state index < -0.39 is 10.0 Å². The summed E-state index contributed by atoms with van der Waals surface area (Å²) < 4.78 is 31.2. The van der Waals surface area contributed by atoms with Gasteiger partial charge in [0.1, 0.15) is 4.91 Å². The van der Waals surface area contributed by atoms with E-state index in [2.05, 4.69) is 20.3 Å². The quantitative estimate of drug-likeness (QED) is 0.438. The maximum atomic E-state index is 13.7. The highest BCUT2D eigenvalue weighted by Gasteiger charge is 2.43. The molecule has 2 aliphatic heterocycles. The molecule has 0 radical (unpaired) electrons. The second-order valence-corrected chi connectivity index (χ2v) is 12.7.